The first kappa shape index (κ1) is 11.3. The van der Waals surface area contributed by atoms with Gasteiger partial charge in [0.05, 0.1) is 6.20 Å². The summed E-state index contributed by atoms with van der Waals surface area (Å²) in [7, 11) is 0. The SMILES string of the molecule is CC1(C)CCC(Nc2nc(N)cn3ccnc23)C1. The van der Waals surface area contributed by atoms with E-state index in [0.717, 1.165) is 17.9 Å². The van der Waals surface area contributed by atoms with Crippen LogP contribution in [0, 0.1) is 5.41 Å². The highest BCUT2D eigenvalue weighted by molar-refractivity contribution is 5.65. The largest absolute Gasteiger partial charge is 0.382 e. The van der Waals surface area contributed by atoms with Gasteiger partial charge in [-0.3, -0.25) is 0 Å². The molecular weight excluding hydrogens is 226 g/mol. The van der Waals surface area contributed by atoms with E-state index < -0.39 is 0 Å². The van der Waals surface area contributed by atoms with Crippen molar-refractivity contribution < 1.29 is 0 Å². The molecule has 0 bridgehead atoms. The zero-order valence-corrected chi connectivity index (χ0v) is 10.8. The first-order valence-electron chi connectivity index (χ1n) is 6.39. The van der Waals surface area contributed by atoms with Crippen LogP contribution in [-0.2, 0) is 0 Å². The molecule has 0 aromatic carbocycles. The maximum absolute atomic E-state index is 5.81. The third-order valence-corrected chi connectivity index (χ3v) is 3.70. The van der Waals surface area contributed by atoms with Crippen molar-refractivity contribution in [2.75, 3.05) is 11.1 Å². The van der Waals surface area contributed by atoms with Gasteiger partial charge in [0, 0.05) is 18.4 Å². The monoisotopic (exact) mass is 245 g/mol. The maximum atomic E-state index is 5.81. The second-order valence-corrected chi connectivity index (χ2v) is 5.92. The number of fused-ring (bicyclic) bond motifs is 1. The van der Waals surface area contributed by atoms with E-state index in [0.29, 0.717) is 17.3 Å². The van der Waals surface area contributed by atoms with E-state index in [-0.39, 0.29) is 0 Å². The fourth-order valence-corrected chi connectivity index (χ4v) is 2.80. The van der Waals surface area contributed by atoms with Crippen LogP contribution in [0.3, 0.4) is 0 Å². The number of nitrogen functional groups attached to an aromatic ring is 1. The van der Waals surface area contributed by atoms with E-state index in [9.17, 15) is 0 Å². The van der Waals surface area contributed by atoms with Gasteiger partial charge in [-0.1, -0.05) is 13.8 Å². The summed E-state index contributed by atoms with van der Waals surface area (Å²) in [6.45, 7) is 4.62. The van der Waals surface area contributed by atoms with E-state index in [1.165, 1.54) is 12.8 Å². The van der Waals surface area contributed by atoms with E-state index in [4.69, 9.17) is 5.73 Å². The van der Waals surface area contributed by atoms with Gasteiger partial charge in [0.2, 0.25) is 0 Å². The summed E-state index contributed by atoms with van der Waals surface area (Å²) in [5, 5.41) is 3.49. The smallest absolute Gasteiger partial charge is 0.180 e. The Labute approximate surface area is 106 Å². The van der Waals surface area contributed by atoms with Gasteiger partial charge in [-0.25, -0.2) is 9.97 Å². The van der Waals surface area contributed by atoms with Crippen molar-refractivity contribution >= 4 is 17.3 Å². The van der Waals surface area contributed by atoms with E-state index in [1.54, 1.807) is 12.4 Å². The Morgan fingerprint density at radius 3 is 3.06 bits per heavy atom. The Kier molecular flexibility index (Phi) is 2.43. The number of imidazole rings is 1. The molecule has 1 unspecified atom stereocenters. The van der Waals surface area contributed by atoms with Gasteiger partial charge in [-0.15, -0.1) is 0 Å². The summed E-state index contributed by atoms with van der Waals surface area (Å²) >= 11 is 0. The number of nitrogens with one attached hydrogen (secondary N) is 1. The van der Waals surface area contributed by atoms with Gasteiger partial charge < -0.3 is 15.5 Å². The molecule has 1 saturated carbocycles. The van der Waals surface area contributed by atoms with E-state index in [2.05, 4.69) is 29.1 Å². The summed E-state index contributed by atoms with van der Waals surface area (Å²) in [6, 6.07) is 0.467. The predicted octanol–water partition coefficient (Wildman–Crippen LogP) is 2.30. The molecule has 0 aliphatic heterocycles. The van der Waals surface area contributed by atoms with Crippen LogP contribution in [0.1, 0.15) is 33.1 Å². The third-order valence-electron chi connectivity index (χ3n) is 3.70. The van der Waals surface area contributed by atoms with Crippen LogP contribution in [0.25, 0.3) is 5.65 Å². The summed E-state index contributed by atoms with van der Waals surface area (Å²) < 4.78 is 1.91. The molecule has 3 rings (SSSR count). The van der Waals surface area contributed by atoms with Crippen molar-refractivity contribution in [3.8, 4) is 0 Å². The highest BCUT2D eigenvalue weighted by Gasteiger charge is 2.31. The second-order valence-electron chi connectivity index (χ2n) is 5.92. The number of nitrogens with zero attached hydrogens (tertiary/aromatic N) is 3. The lowest BCUT2D eigenvalue weighted by Gasteiger charge is -2.18. The number of nitrogens with two attached hydrogens (primary N) is 1. The second kappa shape index (κ2) is 3.86. The van der Waals surface area contributed by atoms with Gasteiger partial charge >= 0.3 is 0 Å². The molecule has 0 spiro atoms. The maximum Gasteiger partial charge on any atom is 0.180 e. The topological polar surface area (TPSA) is 68.2 Å². The Hall–Kier alpha value is -1.78. The van der Waals surface area contributed by atoms with Crippen LogP contribution >= 0.6 is 0 Å². The highest BCUT2D eigenvalue weighted by atomic mass is 15.1. The van der Waals surface area contributed by atoms with Gasteiger partial charge in [-0.05, 0) is 24.7 Å². The molecule has 5 nitrogen and oxygen atoms in total. The Bertz CT molecular complexity index is 572. The van der Waals surface area contributed by atoms with Gasteiger partial charge in [-0.2, -0.15) is 0 Å². The molecule has 5 heteroatoms. The van der Waals surface area contributed by atoms with Crippen molar-refractivity contribution in [2.24, 2.45) is 5.41 Å². The molecule has 18 heavy (non-hydrogen) atoms. The van der Waals surface area contributed by atoms with E-state index >= 15 is 0 Å². The molecule has 0 saturated heterocycles. The predicted molar refractivity (Wildman–Crippen MR) is 72.4 cm³/mol. The molecule has 0 radical (unpaired) electrons. The first-order valence-corrected chi connectivity index (χ1v) is 6.39. The van der Waals surface area contributed by atoms with Crippen molar-refractivity contribution in [1.82, 2.24) is 14.4 Å². The minimum atomic E-state index is 0.420. The molecule has 2 aromatic heterocycles. The Balaban J connectivity index is 1.88. The molecule has 96 valence electrons. The van der Waals surface area contributed by atoms with Gasteiger partial charge in [0.15, 0.2) is 11.5 Å². The van der Waals surface area contributed by atoms with Gasteiger partial charge in [0.25, 0.3) is 0 Å². The summed E-state index contributed by atoms with van der Waals surface area (Å²) in [4.78, 5) is 8.69. The lowest BCUT2D eigenvalue weighted by Crippen LogP contribution is -2.19. The normalized spacial score (nSPS) is 22.4. The molecule has 1 aliphatic rings. The van der Waals surface area contributed by atoms with Crippen LogP contribution in [0.4, 0.5) is 11.6 Å². The number of anilines is 2. The number of hydrogen-bond donors (Lipinski definition) is 2. The molecule has 2 heterocycles. The molecular formula is C13H19N5. The van der Waals surface area contributed by atoms with Crippen molar-refractivity contribution in [2.45, 2.75) is 39.2 Å². The molecule has 2 aromatic rings. The fraction of sp³-hybridized carbons (Fsp3) is 0.538. The van der Waals surface area contributed by atoms with E-state index in [1.807, 2.05) is 10.6 Å². The standard InChI is InChI=1S/C13H19N5/c1-13(2)4-3-9(7-13)16-11-12-15-5-6-18(12)8-10(14)17-11/h5-6,8-9H,3-4,7,14H2,1-2H3,(H,16,17). The lowest BCUT2D eigenvalue weighted by molar-refractivity contribution is 0.378. The number of hydrogen-bond acceptors (Lipinski definition) is 4. The fourth-order valence-electron chi connectivity index (χ4n) is 2.80. The van der Waals surface area contributed by atoms with Crippen LogP contribution in [0.5, 0.6) is 0 Å². The van der Waals surface area contributed by atoms with Crippen molar-refractivity contribution in [3.05, 3.63) is 18.6 Å². The zero-order valence-electron chi connectivity index (χ0n) is 10.8. The molecule has 1 fully saturated rings. The minimum absolute atomic E-state index is 0.420. The van der Waals surface area contributed by atoms with Crippen LogP contribution in [0.15, 0.2) is 18.6 Å². The molecule has 3 N–H and O–H groups in total. The lowest BCUT2D eigenvalue weighted by atomic mass is 9.92. The Morgan fingerprint density at radius 2 is 2.33 bits per heavy atom. The summed E-state index contributed by atoms with van der Waals surface area (Å²) in [5.74, 6) is 1.31. The number of rotatable bonds is 2. The van der Waals surface area contributed by atoms with Crippen LogP contribution in [-0.4, -0.2) is 20.4 Å². The molecule has 1 atom stereocenters. The third kappa shape index (κ3) is 2.00. The molecule has 0 amide bonds. The van der Waals surface area contributed by atoms with Crippen LogP contribution in [0.2, 0.25) is 0 Å². The summed E-state index contributed by atoms with van der Waals surface area (Å²) in [5.41, 5.74) is 7.07. The minimum Gasteiger partial charge on any atom is -0.382 e. The first-order chi connectivity index (χ1) is 8.53. The quantitative estimate of drug-likeness (QED) is 0.852. The average molecular weight is 245 g/mol. The highest BCUT2D eigenvalue weighted by Crippen LogP contribution is 2.38. The van der Waals surface area contributed by atoms with Gasteiger partial charge in [0.1, 0.15) is 5.82 Å². The summed E-state index contributed by atoms with van der Waals surface area (Å²) in [6.07, 6.45) is 9.02. The molecule has 1 aliphatic carbocycles. The zero-order chi connectivity index (χ0) is 12.8. The average Bonchev–Trinajstić information content (AvgIpc) is 2.84. The van der Waals surface area contributed by atoms with Crippen LogP contribution < -0.4 is 11.1 Å². The van der Waals surface area contributed by atoms with Crippen molar-refractivity contribution in [1.29, 1.82) is 0 Å². The van der Waals surface area contributed by atoms with Crippen molar-refractivity contribution in [3.63, 3.8) is 0 Å². The number of aromatic nitrogens is 3. The Morgan fingerprint density at radius 1 is 1.50 bits per heavy atom.